The predicted molar refractivity (Wildman–Crippen MR) is 79.9 cm³/mol. The van der Waals surface area contributed by atoms with Crippen LogP contribution in [0.5, 0.6) is 0 Å². The summed E-state index contributed by atoms with van der Waals surface area (Å²) < 4.78 is 7.15. The van der Waals surface area contributed by atoms with Crippen molar-refractivity contribution in [2.24, 2.45) is 0 Å². The zero-order chi connectivity index (χ0) is 15.4. The monoisotopic (exact) mass is 292 g/mol. The highest BCUT2D eigenvalue weighted by Crippen LogP contribution is 2.15. The average molecular weight is 292 g/mol. The molecule has 21 heavy (non-hydrogen) atoms. The number of nitrogens with one attached hydrogen (secondary N) is 1. The second-order valence-corrected chi connectivity index (χ2v) is 5.57. The molecule has 2 heterocycles. The van der Waals surface area contributed by atoms with E-state index in [1.54, 1.807) is 0 Å². The Bertz CT molecular complexity index is 587. The first-order chi connectivity index (χ1) is 10.0. The molecule has 0 aliphatic carbocycles. The largest absolute Gasteiger partial charge is 0.394 e. The number of hydrogen-bond donors (Lipinski definition) is 2. The van der Waals surface area contributed by atoms with Gasteiger partial charge in [-0.15, -0.1) is 0 Å². The first-order valence-electron chi connectivity index (χ1n) is 7.32. The van der Waals surface area contributed by atoms with Crippen LogP contribution in [0.3, 0.4) is 0 Å². The third kappa shape index (κ3) is 3.71. The van der Waals surface area contributed by atoms with Crippen molar-refractivity contribution < 1.29 is 9.63 Å². The van der Waals surface area contributed by atoms with E-state index >= 15 is 0 Å². The second-order valence-electron chi connectivity index (χ2n) is 5.57. The van der Waals surface area contributed by atoms with Gasteiger partial charge in [0.2, 0.25) is 0 Å². The van der Waals surface area contributed by atoms with E-state index in [1.807, 2.05) is 24.6 Å². The van der Waals surface area contributed by atoms with E-state index in [4.69, 9.17) is 9.63 Å². The molecule has 2 aromatic rings. The number of aliphatic hydroxyl groups is 1. The molecule has 0 atom stereocenters. The first-order valence-corrected chi connectivity index (χ1v) is 7.32. The van der Waals surface area contributed by atoms with Gasteiger partial charge >= 0.3 is 0 Å². The van der Waals surface area contributed by atoms with Gasteiger partial charge in [0.25, 0.3) is 0 Å². The first kappa shape index (κ1) is 15.7. The molecule has 6 heteroatoms. The van der Waals surface area contributed by atoms with Crippen molar-refractivity contribution in [1.29, 1.82) is 0 Å². The zero-order valence-electron chi connectivity index (χ0n) is 13.2. The number of nitrogens with zero attached hydrogens (tertiary/aromatic N) is 3. The van der Waals surface area contributed by atoms with E-state index < -0.39 is 0 Å². The van der Waals surface area contributed by atoms with E-state index in [0.717, 1.165) is 29.4 Å². The summed E-state index contributed by atoms with van der Waals surface area (Å²) in [6.45, 7) is 10.2. The lowest BCUT2D eigenvalue weighted by Crippen LogP contribution is -2.14. The Labute approximate surface area is 125 Å². The Kier molecular flexibility index (Phi) is 5.14. The van der Waals surface area contributed by atoms with Crippen molar-refractivity contribution in [1.82, 2.24) is 20.3 Å². The molecule has 0 saturated carbocycles. The minimum Gasteiger partial charge on any atom is -0.394 e. The Balaban J connectivity index is 1.93. The molecule has 0 aromatic carbocycles. The number of hydrogen-bond acceptors (Lipinski definition) is 5. The van der Waals surface area contributed by atoms with Crippen LogP contribution in [0.1, 0.15) is 48.2 Å². The molecular formula is C15H24N4O2. The highest BCUT2D eigenvalue weighted by Gasteiger charge is 2.12. The van der Waals surface area contributed by atoms with E-state index in [9.17, 15) is 0 Å². The molecular weight excluding hydrogens is 268 g/mol. The molecule has 0 amide bonds. The Morgan fingerprint density at radius 1 is 1.33 bits per heavy atom. The molecule has 0 spiro atoms. The summed E-state index contributed by atoms with van der Waals surface area (Å²) >= 11 is 0. The van der Waals surface area contributed by atoms with Crippen molar-refractivity contribution in [2.75, 3.05) is 6.61 Å². The number of aromatic nitrogens is 3. The lowest BCUT2D eigenvalue weighted by Gasteiger charge is -2.04. The van der Waals surface area contributed by atoms with Crippen molar-refractivity contribution in [3.63, 3.8) is 0 Å². The molecule has 0 aliphatic rings. The van der Waals surface area contributed by atoms with E-state index in [0.29, 0.717) is 19.0 Å². The maximum absolute atomic E-state index is 9.02. The van der Waals surface area contributed by atoms with Crippen molar-refractivity contribution in [3.05, 3.63) is 34.5 Å². The summed E-state index contributed by atoms with van der Waals surface area (Å²) in [7, 11) is 0. The van der Waals surface area contributed by atoms with Gasteiger partial charge in [-0.2, -0.15) is 5.10 Å². The van der Waals surface area contributed by atoms with Gasteiger partial charge in [0.1, 0.15) is 0 Å². The predicted octanol–water partition coefficient (Wildman–Crippen LogP) is 1.89. The molecule has 6 nitrogen and oxygen atoms in total. The standard InChI is InChI=1S/C15H24N4O2/c1-10(2)15-7-13(21-18-15)8-16-9-14-11(3)17-19(5-6-20)12(14)4/h7,10,16,20H,5-6,8-9H2,1-4H3. The van der Waals surface area contributed by atoms with Crippen molar-refractivity contribution in [2.45, 2.75) is 53.2 Å². The second kappa shape index (κ2) is 6.87. The Morgan fingerprint density at radius 3 is 2.71 bits per heavy atom. The topological polar surface area (TPSA) is 76.1 Å². The lowest BCUT2D eigenvalue weighted by atomic mass is 10.1. The molecule has 0 unspecified atom stereocenters. The third-order valence-electron chi connectivity index (χ3n) is 3.61. The Morgan fingerprint density at radius 2 is 2.10 bits per heavy atom. The molecule has 116 valence electrons. The van der Waals surface area contributed by atoms with Crippen LogP contribution in [0.2, 0.25) is 0 Å². The molecule has 0 aliphatic heterocycles. The van der Waals surface area contributed by atoms with Crippen LogP contribution in [-0.4, -0.2) is 26.7 Å². The summed E-state index contributed by atoms with van der Waals surface area (Å²) in [6, 6.07) is 1.99. The highest BCUT2D eigenvalue weighted by atomic mass is 16.5. The number of rotatable bonds is 7. The van der Waals surface area contributed by atoms with Gasteiger partial charge in [0, 0.05) is 23.9 Å². The summed E-state index contributed by atoms with van der Waals surface area (Å²) in [6.07, 6.45) is 0. The SMILES string of the molecule is Cc1nn(CCO)c(C)c1CNCc1cc(C(C)C)no1. The van der Waals surface area contributed by atoms with Crippen molar-refractivity contribution >= 4 is 0 Å². The minimum atomic E-state index is 0.102. The summed E-state index contributed by atoms with van der Waals surface area (Å²) in [5, 5.41) is 20.9. The van der Waals surface area contributed by atoms with E-state index in [2.05, 4.69) is 29.4 Å². The minimum absolute atomic E-state index is 0.102. The molecule has 2 rings (SSSR count). The molecule has 2 N–H and O–H groups in total. The van der Waals surface area contributed by atoms with Crippen LogP contribution in [0, 0.1) is 13.8 Å². The highest BCUT2D eigenvalue weighted by molar-refractivity contribution is 5.24. The van der Waals surface area contributed by atoms with Crippen LogP contribution < -0.4 is 5.32 Å². The number of aliphatic hydroxyl groups excluding tert-OH is 1. The fourth-order valence-electron chi connectivity index (χ4n) is 2.30. The van der Waals surface area contributed by atoms with Crippen LogP contribution in [0.4, 0.5) is 0 Å². The normalized spacial score (nSPS) is 11.5. The van der Waals surface area contributed by atoms with Gasteiger partial charge in [0.05, 0.1) is 31.1 Å². The molecule has 2 aromatic heterocycles. The van der Waals surface area contributed by atoms with Crippen LogP contribution >= 0.6 is 0 Å². The van der Waals surface area contributed by atoms with Gasteiger partial charge in [-0.1, -0.05) is 19.0 Å². The van der Waals surface area contributed by atoms with Crippen LogP contribution in [-0.2, 0) is 19.6 Å². The fraction of sp³-hybridized carbons (Fsp3) is 0.600. The third-order valence-corrected chi connectivity index (χ3v) is 3.61. The van der Waals surface area contributed by atoms with Gasteiger partial charge in [-0.25, -0.2) is 0 Å². The fourth-order valence-corrected chi connectivity index (χ4v) is 2.30. The maximum atomic E-state index is 9.02. The molecule has 0 bridgehead atoms. The molecule has 0 fully saturated rings. The Hall–Kier alpha value is -1.66. The lowest BCUT2D eigenvalue weighted by molar-refractivity contribution is 0.267. The summed E-state index contributed by atoms with van der Waals surface area (Å²) in [5.41, 5.74) is 4.24. The van der Waals surface area contributed by atoms with Gasteiger partial charge in [-0.05, 0) is 19.8 Å². The van der Waals surface area contributed by atoms with Crippen LogP contribution in [0.25, 0.3) is 0 Å². The van der Waals surface area contributed by atoms with Gasteiger partial charge < -0.3 is 14.9 Å². The maximum Gasteiger partial charge on any atom is 0.150 e. The summed E-state index contributed by atoms with van der Waals surface area (Å²) in [5.74, 6) is 1.22. The van der Waals surface area contributed by atoms with E-state index in [1.165, 1.54) is 5.56 Å². The smallest absolute Gasteiger partial charge is 0.150 e. The number of aryl methyl sites for hydroxylation is 1. The quantitative estimate of drug-likeness (QED) is 0.815. The molecule has 0 saturated heterocycles. The van der Waals surface area contributed by atoms with Crippen molar-refractivity contribution in [3.8, 4) is 0 Å². The van der Waals surface area contributed by atoms with E-state index in [-0.39, 0.29) is 6.61 Å². The summed E-state index contributed by atoms with van der Waals surface area (Å²) in [4.78, 5) is 0. The van der Waals surface area contributed by atoms with Gasteiger partial charge in [0.15, 0.2) is 5.76 Å². The average Bonchev–Trinajstić information content (AvgIpc) is 3.00. The zero-order valence-corrected chi connectivity index (χ0v) is 13.2. The van der Waals surface area contributed by atoms with Crippen LogP contribution in [0.15, 0.2) is 10.6 Å². The molecule has 0 radical (unpaired) electrons. The van der Waals surface area contributed by atoms with Gasteiger partial charge in [-0.3, -0.25) is 4.68 Å².